The fourth-order valence-corrected chi connectivity index (χ4v) is 4.13. The summed E-state index contributed by atoms with van der Waals surface area (Å²) >= 11 is 0. The third-order valence-electron chi connectivity index (χ3n) is 5.67. The average Bonchev–Trinajstić information content (AvgIpc) is 3.36. The van der Waals surface area contributed by atoms with Crippen molar-refractivity contribution in [2.75, 3.05) is 39.3 Å². The van der Waals surface area contributed by atoms with Crippen LogP contribution in [0.3, 0.4) is 0 Å². The van der Waals surface area contributed by atoms with Crippen LogP contribution in [0.25, 0.3) is 5.69 Å². The second-order valence-corrected chi connectivity index (χ2v) is 8.08. The van der Waals surface area contributed by atoms with Crippen LogP contribution in [0.2, 0.25) is 0 Å². The predicted molar refractivity (Wildman–Crippen MR) is 118 cm³/mol. The second kappa shape index (κ2) is 9.76. The van der Waals surface area contributed by atoms with Gasteiger partial charge in [-0.3, -0.25) is 9.69 Å². The Bertz CT molecular complexity index is 848. The number of hydrogen-bond acceptors (Lipinski definition) is 6. The molecule has 2 saturated heterocycles. The van der Waals surface area contributed by atoms with Gasteiger partial charge in [0, 0.05) is 45.3 Å². The van der Waals surface area contributed by atoms with Crippen molar-refractivity contribution in [3.8, 4) is 11.4 Å². The first-order valence-corrected chi connectivity index (χ1v) is 10.5. The van der Waals surface area contributed by atoms with Crippen molar-refractivity contribution in [3.63, 3.8) is 0 Å². The number of hydrogen-bond donors (Lipinski definition) is 1. The molecule has 164 valence electrons. The fraction of sp³-hybridized carbons (Fsp3) is 0.571. The lowest BCUT2D eigenvalue weighted by Gasteiger charge is -2.32. The fourth-order valence-electron chi connectivity index (χ4n) is 4.13. The zero-order chi connectivity index (χ0) is 20.4. The van der Waals surface area contributed by atoms with Crippen molar-refractivity contribution in [1.82, 2.24) is 30.1 Å². The lowest BCUT2D eigenvalue weighted by atomic mass is 10.2. The van der Waals surface area contributed by atoms with Crippen LogP contribution < -0.4 is 10.1 Å². The second-order valence-electron chi connectivity index (χ2n) is 8.08. The van der Waals surface area contributed by atoms with E-state index in [2.05, 4.69) is 20.5 Å². The van der Waals surface area contributed by atoms with Crippen LogP contribution >= 0.6 is 12.4 Å². The molecule has 1 atom stereocenters. The lowest BCUT2D eigenvalue weighted by molar-refractivity contribution is 0.0767. The van der Waals surface area contributed by atoms with E-state index in [9.17, 15) is 4.79 Å². The minimum absolute atomic E-state index is 0. The van der Waals surface area contributed by atoms with Crippen LogP contribution in [0.5, 0.6) is 5.75 Å². The molecule has 1 amide bonds. The molecule has 9 heteroatoms. The summed E-state index contributed by atoms with van der Waals surface area (Å²) in [5.41, 5.74) is 2.07. The minimum Gasteiger partial charge on any atom is -0.491 e. The molecule has 2 aliphatic heterocycles. The Morgan fingerprint density at radius 3 is 2.53 bits per heavy atom. The van der Waals surface area contributed by atoms with Crippen molar-refractivity contribution in [2.45, 2.75) is 39.3 Å². The molecule has 0 radical (unpaired) electrons. The summed E-state index contributed by atoms with van der Waals surface area (Å²) in [6.07, 6.45) is 1.15. The molecular formula is C21H31ClN6O2. The van der Waals surface area contributed by atoms with Gasteiger partial charge in [0.05, 0.1) is 17.5 Å². The molecule has 1 aromatic heterocycles. The first-order valence-electron chi connectivity index (χ1n) is 10.5. The van der Waals surface area contributed by atoms with E-state index in [1.165, 1.54) is 0 Å². The molecule has 2 aromatic rings. The molecule has 0 bridgehead atoms. The van der Waals surface area contributed by atoms with Gasteiger partial charge in [0.25, 0.3) is 5.91 Å². The molecule has 2 aliphatic rings. The van der Waals surface area contributed by atoms with E-state index in [4.69, 9.17) is 4.74 Å². The molecule has 30 heavy (non-hydrogen) atoms. The summed E-state index contributed by atoms with van der Waals surface area (Å²) in [6, 6.07) is 8.14. The number of ether oxygens (including phenoxy) is 1. The summed E-state index contributed by atoms with van der Waals surface area (Å²) in [4.78, 5) is 17.5. The van der Waals surface area contributed by atoms with E-state index in [-0.39, 0.29) is 24.4 Å². The van der Waals surface area contributed by atoms with Gasteiger partial charge in [-0.2, -0.15) is 0 Å². The summed E-state index contributed by atoms with van der Waals surface area (Å²) in [6.45, 7) is 11.6. The van der Waals surface area contributed by atoms with Gasteiger partial charge in [0.15, 0.2) is 5.69 Å². The molecule has 1 unspecified atom stereocenters. The molecule has 1 N–H and O–H groups in total. The molecule has 2 fully saturated rings. The number of nitrogens with one attached hydrogen (secondary N) is 1. The highest BCUT2D eigenvalue weighted by Crippen LogP contribution is 2.21. The van der Waals surface area contributed by atoms with Gasteiger partial charge in [-0.05, 0) is 51.5 Å². The summed E-state index contributed by atoms with van der Waals surface area (Å²) in [5, 5.41) is 11.8. The largest absolute Gasteiger partial charge is 0.491 e. The van der Waals surface area contributed by atoms with Crippen LogP contribution in [-0.2, 0) is 0 Å². The number of benzene rings is 1. The van der Waals surface area contributed by atoms with E-state index in [1.54, 1.807) is 4.68 Å². The molecule has 3 heterocycles. The number of carbonyl (C=O) groups excluding carboxylic acids is 1. The molecule has 1 aromatic carbocycles. The van der Waals surface area contributed by atoms with Gasteiger partial charge < -0.3 is 15.0 Å². The third kappa shape index (κ3) is 4.77. The van der Waals surface area contributed by atoms with Gasteiger partial charge in [-0.1, -0.05) is 5.21 Å². The van der Waals surface area contributed by atoms with E-state index in [1.807, 2.05) is 49.9 Å². The van der Waals surface area contributed by atoms with Crippen LogP contribution in [0, 0.1) is 6.92 Å². The number of piperazine rings is 1. The lowest BCUT2D eigenvalue weighted by Crippen LogP contribution is -2.49. The molecule has 0 aliphatic carbocycles. The van der Waals surface area contributed by atoms with Crippen LogP contribution in [0.15, 0.2) is 24.3 Å². The van der Waals surface area contributed by atoms with Gasteiger partial charge in [-0.25, -0.2) is 4.68 Å². The monoisotopic (exact) mass is 434 g/mol. The Balaban J connectivity index is 0.00000256. The van der Waals surface area contributed by atoms with E-state index in [0.717, 1.165) is 62.8 Å². The maximum absolute atomic E-state index is 13.1. The molecule has 8 nitrogen and oxygen atoms in total. The van der Waals surface area contributed by atoms with Gasteiger partial charge in [0.1, 0.15) is 5.75 Å². The van der Waals surface area contributed by atoms with Gasteiger partial charge in [-0.15, -0.1) is 17.5 Å². The zero-order valence-electron chi connectivity index (χ0n) is 17.9. The van der Waals surface area contributed by atoms with Crippen molar-refractivity contribution in [1.29, 1.82) is 0 Å². The summed E-state index contributed by atoms with van der Waals surface area (Å²) < 4.78 is 7.41. The molecular weight excluding hydrogens is 404 g/mol. The summed E-state index contributed by atoms with van der Waals surface area (Å²) in [5.74, 6) is 0.792. The summed E-state index contributed by atoms with van der Waals surface area (Å²) in [7, 11) is 0. The first-order chi connectivity index (χ1) is 14.0. The van der Waals surface area contributed by atoms with Crippen molar-refractivity contribution in [3.05, 3.63) is 35.7 Å². The average molecular weight is 435 g/mol. The Labute approximate surface area is 184 Å². The number of halogens is 1. The number of aromatic nitrogens is 3. The molecule has 0 spiro atoms. The number of carbonyl (C=O) groups is 1. The number of nitrogens with zero attached hydrogens (tertiary/aromatic N) is 5. The number of rotatable bonds is 5. The van der Waals surface area contributed by atoms with Crippen LogP contribution in [-0.4, -0.2) is 82.1 Å². The first kappa shape index (κ1) is 22.5. The maximum atomic E-state index is 13.1. The van der Waals surface area contributed by atoms with Gasteiger partial charge in [0.2, 0.25) is 0 Å². The van der Waals surface area contributed by atoms with Crippen molar-refractivity contribution >= 4 is 18.3 Å². The Morgan fingerprint density at radius 2 is 1.87 bits per heavy atom. The molecule has 4 rings (SSSR count). The smallest absolute Gasteiger partial charge is 0.276 e. The highest BCUT2D eigenvalue weighted by molar-refractivity contribution is 5.93. The SMILES string of the molecule is Cc1c(C(=O)N2CCC(N3CCNCC3)C2)nnn1-c1ccc(OC(C)C)cc1.Cl. The number of amides is 1. The van der Waals surface area contributed by atoms with Crippen molar-refractivity contribution in [2.24, 2.45) is 0 Å². The number of likely N-dealkylation sites (tertiary alicyclic amines) is 1. The van der Waals surface area contributed by atoms with Crippen LogP contribution in [0.4, 0.5) is 0 Å². The third-order valence-corrected chi connectivity index (χ3v) is 5.67. The predicted octanol–water partition coefficient (Wildman–Crippen LogP) is 1.90. The van der Waals surface area contributed by atoms with E-state index < -0.39 is 0 Å². The highest BCUT2D eigenvalue weighted by atomic mass is 35.5. The quantitative estimate of drug-likeness (QED) is 0.774. The standard InChI is InChI=1S/C21H30N6O2.ClH/c1-15(2)29-19-6-4-17(5-7-19)27-16(3)20(23-24-27)21(28)26-11-8-18(14-26)25-12-9-22-10-13-25;/h4-7,15,18,22H,8-14H2,1-3H3;1H. The van der Waals surface area contributed by atoms with E-state index >= 15 is 0 Å². The Kier molecular flexibility index (Phi) is 7.33. The van der Waals surface area contributed by atoms with E-state index in [0.29, 0.717) is 11.7 Å². The normalized spacial score (nSPS) is 19.7. The topological polar surface area (TPSA) is 75.5 Å². The highest BCUT2D eigenvalue weighted by Gasteiger charge is 2.33. The maximum Gasteiger partial charge on any atom is 0.276 e. The van der Waals surface area contributed by atoms with Crippen LogP contribution in [0.1, 0.15) is 36.5 Å². The molecule has 0 saturated carbocycles. The van der Waals surface area contributed by atoms with Gasteiger partial charge >= 0.3 is 0 Å². The minimum atomic E-state index is -0.0221. The Hall–Kier alpha value is -2.16. The van der Waals surface area contributed by atoms with Crippen molar-refractivity contribution < 1.29 is 9.53 Å². The Morgan fingerprint density at radius 1 is 1.17 bits per heavy atom. The zero-order valence-corrected chi connectivity index (χ0v) is 18.7.